The van der Waals surface area contributed by atoms with E-state index in [-0.39, 0.29) is 34.4 Å². The van der Waals surface area contributed by atoms with E-state index in [1.807, 2.05) is 18.7 Å². The first-order valence-electron chi connectivity index (χ1n) is 16.1. The minimum atomic E-state index is -0.918. The number of hydrogen-bond acceptors (Lipinski definition) is 9. The zero-order valence-corrected chi connectivity index (χ0v) is 30.4. The molecule has 0 radical (unpaired) electrons. The van der Waals surface area contributed by atoms with E-state index < -0.39 is 35.0 Å². The molecule has 5 heterocycles. The quantitative estimate of drug-likeness (QED) is 0.195. The summed E-state index contributed by atoms with van der Waals surface area (Å²) in [6.45, 7) is 11.5. The monoisotopic (exact) mass is 795 g/mol. The van der Waals surface area contributed by atoms with Gasteiger partial charge in [0.05, 0.1) is 30.7 Å². The van der Waals surface area contributed by atoms with Crippen molar-refractivity contribution in [3.05, 3.63) is 33.4 Å². The van der Waals surface area contributed by atoms with Crippen molar-refractivity contribution < 1.29 is 32.2 Å². The lowest BCUT2D eigenvalue weighted by molar-refractivity contribution is 0.0636. The Hall–Kier alpha value is -3.11. The fourth-order valence-electron chi connectivity index (χ4n) is 7.16. The van der Waals surface area contributed by atoms with Crippen LogP contribution >= 0.6 is 33.9 Å². The molecule has 2 aromatic carbocycles. The van der Waals surface area contributed by atoms with E-state index in [4.69, 9.17) is 19.2 Å². The van der Waals surface area contributed by atoms with E-state index in [0.717, 1.165) is 30.7 Å². The second-order valence-corrected chi connectivity index (χ2v) is 16.1. The van der Waals surface area contributed by atoms with Gasteiger partial charge in [-0.15, -0.1) is 11.3 Å². The van der Waals surface area contributed by atoms with Gasteiger partial charge in [0.25, 0.3) is 0 Å². The Kier molecular flexibility index (Phi) is 8.58. The molecule has 0 aliphatic carbocycles. The smallest absolute Gasteiger partial charge is 0.412 e. The average molecular weight is 796 g/mol. The fraction of sp³-hybridized carbons (Fsp3) is 0.500. The number of alkyl halides is 1. The maximum absolute atomic E-state index is 17.2. The minimum Gasteiger partial charge on any atom is -0.490 e. The predicted molar refractivity (Wildman–Crippen MR) is 189 cm³/mol. The van der Waals surface area contributed by atoms with Crippen molar-refractivity contribution in [3.8, 4) is 22.9 Å². The lowest BCUT2D eigenvalue weighted by Gasteiger charge is -2.31. The lowest BCUT2D eigenvalue weighted by Crippen LogP contribution is -2.43. The Bertz CT molecular complexity index is 1940. The number of ether oxygens (including phenoxy) is 3. The zero-order valence-electron chi connectivity index (χ0n) is 27.4. The summed E-state index contributed by atoms with van der Waals surface area (Å²) in [4.78, 5) is 26.2. The van der Waals surface area contributed by atoms with E-state index in [1.165, 1.54) is 12.1 Å². The first-order valence-corrected chi connectivity index (χ1v) is 18.0. The van der Waals surface area contributed by atoms with Gasteiger partial charge < -0.3 is 19.1 Å². The van der Waals surface area contributed by atoms with Gasteiger partial charge in [0, 0.05) is 30.0 Å². The first kappa shape index (κ1) is 33.4. The normalized spacial score (nSPS) is 21.1. The fourth-order valence-corrected chi connectivity index (χ4v) is 9.08. The van der Waals surface area contributed by atoms with Crippen LogP contribution in [0.4, 0.5) is 28.8 Å². The van der Waals surface area contributed by atoms with Crippen LogP contribution in [0.1, 0.15) is 53.9 Å². The van der Waals surface area contributed by atoms with Crippen LogP contribution in [0.15, 0.2) is 18.2 Å². The molecule has 0 spiro atoms. The summed E-state index contributed by atoms with van der Waals surface area (Å²) in [5.74, 6) is -0.201. The highest BCUT2D eigenvalue weighted by Gasteiger charge is 2.49. The van der Waals surface area contributed by atoms with Crippen molar-refractivity contribution in [2.24, 2.45) is 0 Å². The van der Waals surface area contributed by atoms with Gasteiger partial charge in [-0.25, -0.2) is 18.0 Å². The minimum absolute atomic E-state index is 0.00854. The number of thiophene rings is 1. The van der Waals surface area contributed by atoms with Crippen molar-refractivity contribution in [1.29, 1.82) is 0 Å². The maximum atomic E-state index is 17.2. The molecule has 7 rings (SSSR count). The van der Waals surface area contributed by atoms with Crippen molar-refractivity contribution in [3.63, 3.8) is 0 Å². The van der Waals surface area contributed by atoms with Crippen LogP contribution in [0.2, 0.25) is 0 Å². The molecule has 1 N–H and O–H groups in total. The molecular weight excluding hydrogens is 758 g/mol. The number of carbonyl (C=O) groups is 1. The molecule has 1 amide bonds. The molecule has 3 aliphatic heterocycles. The topological polar surface area (TPSA) is 89.0 Å². The van der Waals surface area contributed by atoms with E-state index in [0.29, 0.717) is 62.6 Å². The Morgan fingerprint density at radius 1 is 1.25 bits per heavy atom. The number of carbonyl (C=O) groups excluding carboxylic acids is 1. The number of hydrogen-bond donors (Lipinski definition) is 1. The number of aromatic nitrogens is 2. The Balaban J connectivity index is 1.37. The number of benzene rings is 2. The predicted octanol–water partition coefficient (Wildman–Crippen LogP) is 8.30. The SMILES string of the molecule is CC(C)N1CCOc2c(I)c(-c3ccc(F)c4sc(NC(=O)OC(C)(C)C)cc34)c(F)c3nc(OC[C@@]45CCCN4C[C@H](F)C5)nc1c23. The molecule has 2 fully saturated rings. The second-order valence-electron chi connectivity index (χ2n) is 14.0. The first-order chi connectivity index (χ1) is 22.7. The third-order valence-electron chi connectivity index (χ3n) is 9.18. The van der Waals surface area contributed by atoms with Gasteiger partial charge in [-0.2, -0.15) is 9.97 Å². The van der Waals surface area contributed by atoms with Gasteiger partial charge in [0.15, 0.2) is 5.82 Å². The molecular formula is C34H37F3IN5O4S. The standard InChI is InChI=1S/C34H37F3IN5O4S/c1-17(2)43-11-12-45-28-24-27(40-31(41-30(24)43)46-16-34-9-6-10-42(34)15-18(35)14-34)25(37)23(26(28)38)19-7-8-21(36)29-20(19)13-22(48-29)39-32(44)47-33(3,4)5/h7-8,13,17-18H,6,9-12,14-16H2,1-5H3,(H,39,44)/t18-,34+/m1/s1. The van der Waals surface area contributed by atoms with Crippen molar-refractivity contribution in [1.82, 2.24) is 14.9 Å². The highest BCUT2D eigenvalue weighted by Crippen LogP contribution is 2.49. The highest BCUT2D eigenvalue weighted by atomic mass is 127. The third-order valence-corrected chi connectivity index (χ3v) is 11.3. The molecule has 0 unspecified atom stereocenters. The summed E-state index contributed by atoms with van der Waals surface area (Å²) in [5, 5.41) is 3.88. The number of amides is 1. The van der Waals surface area contributed by atoms with Crippen LogP contribution in [0.25, 0.3) is 32.1 Å². The van der Waals surface area contributed by atoms with Crippen LogP contribution in [-0.4, -0.2) is 77.2 Å². The Labute approximate surface area is 294 Å². The number of fused-ring (bicyclic) bond motifs is 2. The van der Waals surface area contributed by atoms with Crippen LogP contribution in [0, 0.1) is 15.2 Å². The average Bonchev–Trinajstić information content (AvgIpc) is 3.63. The largest absolute Gasteiger partial charge is 0.490 e. The molecule has 0 bridgehead atoms. The van der Waals surface area contributed by atoms with Crippen LogP contribution in [0.5, 0.6) is 11.8 Å². The summed E-state index contributed by atoms with van der Waals surface area (Å²) >= 11 is 3.11. The number of anilines is 2. The zero-order chi connectivity index (χ0) is 34.1. The number of nitrogens with one attached hydrogen (secondary N) is 1. The van der Waals surface area contributed by atoms with Gasteiger partial charge in [-0.1, -0.05) is 6.07 Å². The number of halogens is 4. The van der Waals surface area contributed by atoms with E-state index in [9.17, 15) is 9.18 Å². The molecule has 256 valence electrons. The Morgan fingerprint density at radius 2 is 2.04 bits per heavy atom. The Morgan fingerprint density at radius 3 is 2.79 bits per heavy atom. The van der Waals surface area contributed by atoms with Gasteiger partial charge >= 0.3 is 12.1 Å². The maximum Gasteiger partial charge on any atom is 0.412 e. The van der Waals surface area contributed by atoms with Crippen LogP contribution in [-0.2, 0) is 4.74 Å². The summed E-state index contributed by atoms with van der Waals surface area (Å²) in [7, 11) is 0. The highest BCUT2D eigenvalue weighted by molar-refractivity contribution is 14.1. The molecule has 2 aromatic heterocycles. The van der Waals surface area contributed by atoms with Crippen LogP contribution in [0.3, 0.4) is 0 Å². The van der Waals surface area contributed by atoms with Gasteiger partial charge in [0.2, 0.25) is 0 Å². The molecule has 3 aliphatic rings. The van der Waals surface area contributed by atoms with Gasteiger partial charge in [-0.05, 0) is 94.3 Å². The molecule has 2 saturated heterocycles. The van der Waals surface area contributed by atoms with Gasteiger partial charge in [0.1, 0.15) is 47.9 Å². The molecule has 14 heteroatoms. The molecule has 48 heavy (non-hydrogen) atoms. The van der Waals surface area contributed by atoms with Crippen LogP contribution < -0.4 is 19.7 Å². The number of rotatable bonds is 6. The molecule has 9 nitrogen and oxygen atoms in total. The summed E-state index contributed by atoms with van der Waals surface area (Å²) in [6.07, 6.45) is 0.558. The summed E-state index contributed by atoms with van der Waals surface area (Å²) < 4.78 is 65.5. The van der Waals surface area contributed by atoms with E-state index >= 15 is 8.78 Å². The van der Waals surface area contributed by atoms with E-state index in [2.05, 4.69) is 37.8 Å². The van der Waals surface area contributed by atoms with E-state index in [1.54, 1.807) is 26.8 Å². The van der Waals surface area contributed by atoms with Crippen molar-refractivity contribution in [2.45, 2.75) is 77.2 Å². The molecule has 4 aromatic rings. The van der Waals surface area contributed by atoms with Crippen molar-refractivity contribution >= 4 is 71.8 Å². The summed E-state index contributed by atoms with van der Waals surface area (Å²) in [6, 6.07) is 4.45. The van der Waals surface area contributed by atoms with Crippen molar-refractivity contribution in [2.75, 3.05) is 43.1 Å². The third kappa shape index (κ3) is 5.91. The molecule has 0 saturated carbocycles. The van der Waals surface area contributed by atoms with Gasteiger partial charge in [-0.3, -0.25) is 10.2 Å². The summed E-state index contributed by atoms with van der Waals surface area (Å²) in [5.41, 5.74) is -0.536. The molecule has 2 atom stereocenters. The second kappa shape index (κ2) is 12.3. The number of nitrogens with zero attached hydrogens (tertiary/aromatic N) is 4. The lowest BCUT2D eigenvalue weighted by atomic mass is 9.95.